The molecule has 1 aliphatic rings. The molecule has 0 spiro atoms. The van der Waals surface area contributed by atoms with E-state index in [-0.39, 0.29) is 11.9 Å². The second kappa shape index (κ2) is 14.0. The molecule has 1 saturated carbocycles. The minimum atomic E-state index is -0.0250. The van der Waals surface area contributed by atoms with E-state index in [2.05, 4.69) is 11.1 Å². The number of aromatic nitrogens is 4. The van der Waals surface area contributed by atoms with Gasteiger partial charge in [0.2, 0.25) is 0 Å². The first kappa shape index (κ1) is 30.4. The zero-order valence-electron chi connectivity index (χ0n) is 24.8. The van der Waals surface area contributed by atoms with Crippen molar-refractivity contribution in [3.8, 4) is 34.6 Å². The highest BCUT2D eigenvalue weighted by molar-refractivity contribution is 7.99. The number of pyridine rings is 1. The Bertz CT molecular complexity index is 1850. The molecule has 2 aromatic heterocycles. The molecule has 0 N–H and O–H groups in total. The van der Waals surface area contributed by atoms with E-state index in [0.717, 1.165) is 46.6 Å². The molecule has 1 amide bonds. The zero-order valence-corrected chi connectivity index (χ0v) is 26.3. The first-order valence-electron chi connectivity index (χ1n) is 14.8. The lowest BCUT2D eigenvalue weighted by Crippen LogP contribution is -2.41. The molecule has 1 fully saturated rings. The largest absolute Gasteiger partial charge is 0.495 e. The first-order chi connectivity index (χ1) is 22.1. The summed E-state index contributed by atoms with van der Waals surface area (Å²) in [5.74, 6) is 1.76. The van der Waals surface area contributed by atoms with Gasteiger partial charge >= 0.3 is 0 Å². The number of methoxy groups -OCH3 is 1. The Kier molecular flexibility index (Phi) is 9.44. The van der Waals surface area contributed by atoms with Gasteiger partial charge < -0.3 is 9.64 Å². The molecule has 45 heavy (non-hydrogen) atoms. The zero-order chi connectivity index (χ0) is 31.2. The lowest BCUT2D eigenvalue weighted by Gasteiger charge is -2.30. The van der Waals surface area contributed by atoms with Crippen LogP contribution < -0.4 is 4.74 Å². The average Bonchev–Trinajstić information content (AvgIpc) is 3.77. The summed E-state index contributed by atoms with van der Waals surface area (Å²) < 4.78 is 7.22. The van der Waals surface area contributed by atoms with E-state index in [9.17, 15) is 10.1 Å². The van der Waals surface area contributed by atoms with Crippen LogP contribution in [0.5, 0.6) is 5.75 Å². The lowest BCUT2D eigenvalue weighted by molar-refractivity contribution is 0.0668. The van der Waals surface area contributed by atoms with E-state index in [1.54, 1.807) is 25.6 Å². The number of rotatable bonds is 10. The van der Waals surface area contributed by atoms with Crippen molar-refractivity contribution in [2.75, 3.05) is 13.7 Å². The highest BCUT2D eigenvalue weighted by Crippen LogP contribution is 2.35. The molecule has 6 rings (SSSR count). The van der Waals surface area contributed by atoms with E-state index >= 15 is 0 Å². The molecule has 0 radical (unpaired) electrons. The smallest absolute Gasteiger partial charge is 0.255 e. The van der Waals surface area contributed by atoms with Crippen LogP contribution in [0.1, 0.15) is 41.6 Å². The van der Waals surface area contributed by atoms with Crippen molar-refractivity contribution < 1.29 is 9.53 Å². The standard InChI is InChI=1S/C35H31ClN6O2S/c1-44-30-15-14-25(22-29(30)36)34-39-33(24-16-18-38-19-17-24)40-42(34)21-20-41(27-9-3-4-10-27)35(43)28-11-5-7-13-32(28)45-31-12-6-2-8-26(31)23-37/h2,5-8,11-19,22,27H,3-4,9-10,20-21H2,1H3. The molecule has 0 unspecified atom stereocenters. The van der Waals surface area contributed by atoms with Crippen molar-refractivity contribution in [3.63, 3.8) is 0 Å². The van der Waals surface area contributed by atoms with Gasteiger partial charge in [-0.25, -0.2) is 9.67 Å². The molecule has 0 aliphatic heterocycles. The van der Waals surface area contributed by atoms with Gasteiger partial charge in [-0.05, 0) is 67.4 Å². The third-order valence-electron chi connectivity index (χ3n) is 7.94. The summed E-state index contributed by atoms with van der Waals surface area (Å²) in [7, 11) is 1.58. The maximum Gasteiger partial charge on any atom is 0.255 e. The molecule has 226 valence electrons. The van der Waals surface area contributed by atoms with Gasteiger partial charge in [0, 0.05) is 45.9 Å². The van der Waals surface area contributed by atoms with E-state index in [4.69, 9.17) is 26.4 Å². The maximum absolute atomic E-state index is 14.4. The third kappa shape index (κ3) is 6.72. The van der Waals surface area contributed by atoms with Gasteiger partial charge in [0.25, 0.3) is 5.91 Å². The topological polar surface area (TPSA) is 96.9 Å². The van der Waals surface area contributed by atoms with Crippen LogP contribution in [0, 0.1) is 11.3 Å². The highest BCUT2D eigenvalue weighted by Gasteiger charge is 2.29. The summed E-state index contributed by atoms with van der Waals surface area (Å²) in [6, 6.07) is 26.8. The van der Waals surface area contributed by atoms with E-state index in [1.807, 2.05) is 82.4 Å². The van der Waals surface area contributed by atoms with Gasteiger partial charge in [0.05, 0.1) is 29.8 Å². The fraction of sp³-hybridized carbons (Fsp3) is 0.229. The molecule has 1 aliphatic carbocycles. The van der Waals surface area contributed by atoms with Crippen LogP contribution >= 0.6 is 23.4 Å². The Morgan fingerprint density at radius 2 is 1.76 bits per heavy atom. The minimum absolute atomic E-state index is 0.0250. The van der Waals surface area contributed by atoms with Crippen molar-refractivity contribution >= 4 is 29.3 Å². The summed E-state index contributed by atoms with van der Waals surface area (Å²) in [4.78, 5) is 27.0. The summed E-state index contributed by atoms with van der Waals surface area (Å²) in [6.07, 6.45) is 7.52. The van der Waals surface area contributed by atoms with Crippen molar-refractivity contribution in [1.82, 2.24) is 24.6 Å². The number of hydrogen-bond donors (Lipinski definition) is 0. The summed E-state index contributed by atoms with van der Waals surface area (Å²) >= 11 is 7.95. The first-order valence-corrected chi connectivity index (χ1v) is 16.0. The van der Waals surface area contributed by atoms with Gasteiger partial charge in [-0.1, -0.05) is 60.5 Å². The molecule has 2 heterocycles. The molecule has 0 atom stereocenters. The molecular weight excluding hydrogens is 604 g/mol. The number of nitriles is 1. The number of halogens is 1. The second-order valence-electron chi connectivity index (χ2n) is 10.7. The monoisotopic (exact) mass is 634 g/mol. The fourth-order valence-corrected chi connectivity index (χ4v) is 6.94. The Balaban J connectivity index is 1.33. The van der Waals surface area contributed by atoms with Crippen molar-refractivity contribution in [1.29, 1.82) is 5.26 Å². The van der Waals surface area contributed by atoms with E-state index in [1.165, 1.54) is 11.8 Å². The highest BCUT2D eigenvalue weighted by atomic mass is 35.5. The average molecular weight is 635 g/mol. The van der Waals surface area contributed by atoms with Crippen LogP contribution in [0.2, 0.25) is 5.02 Å². The van der Waals surface area contributed by atoms with Gasteiger partial charge in [0.15, 0.2) is 11.6 Å². The second-order valence-corrected chi connectivity index (χ2v) is 12.2. The number of ether oxygens (including phenoxy) is 1. The van der Waals surface area contributed by atoms with Gasteiger partial charge in [0.1, 0.15) is 11.8 Å². The summed E-state index contributed by atoms with van der Waals surface area (Å²) in [6.45, 7) is 0.888. The Hall–Kier alpha value is -4.65. The number of hydrogen-bond acceptors (Lipinski definition) is 7. The third-order valence-corrected chi connectivity index (χ3v) is 9.39. The maximum atomic E-state index is 14.4. The van der Waals surface area contributed by atoms with E-state index < -0.39 is 0 Å². The SMILES string of the molecule is COc1ccc(-c2nc(-c3ccncc3)nn2CCN(C(=O)c2ccccc2Sc2ccccc2C#N)C2CCCC2)cc1Cl. The number of nitrogens with zero attached hydrogens (tertiary/aromatic N) is 6. The van der Waals surface area contributed by atoms with Crippen LogP contribution in [0.25, 0.3) is 22.8 Å². The quantitative estimate of drug-likeness (QED) is 0.155. The molecule has 0 bridgehead atoms. The number of carbonyl (C=O) groups is 1. The van der Waals surface area contributed by atoms with Crippen LogP contribution in [0.15, 0.2) is 101 Å². The Labute approximate surface area is 271 Å². The molecule has 3 aromatic carbocycles. The molecule has 5 aromatic rings. The van der Waals surface area contributed by atoms with Crippen LogP contribution in [0.4, 0.5) is 0 Å². The van der Waals surface area contributed by atoms with Crippen molar-refractivity contribution in [3.05, 3.63) is 107 Å². The molecule has 0 saturated heterocycles. The fourth-order valence-electron chi connectivity index (χ4n) is 5.66. The van der Waals surface area contributed by atoms with Crippen LogP contribution in [0.3, 0.4) is 0 Å². The van der Waals surface area contributed by atoms with Crippen LogP contribution in [-0.4, -0.2) is 50.3 Å². The van der Waals surface area contributed by atoms with Gasteiger partial charge in [-0.15, -0.1) is 0 Å². The van der Waals surface area contributed by atoms with Crippen molar-refractivity contribution in [2.24, 2.45) is 0 Å². The minimum Gasteiger partial charge on any atom is -0.495 e. The molecule has 10 heteroatoms. The number of amides is 1. The lowest BCUT2D eigenvalue weighted by atomic mass is 10.1. The van der Waals surface area contributed by atoms with Gasteiger partial charge in [-0.2, -0.15) is 10.4 Å². The molecule has 8 nitrogen and oxygen atoms in total. The predicted octanol–water partition coefficient (Wildman–Crippen LogP) is 7.78. The van der Waals surface area contributed by atoms with Gasteiger partial charge in [-0.3, -0.25) is 9.78 Å². The normalized spacial score (nSPS) is 13.0. The number of carbonyl (C=O) groups excluding carboxylic acids is 1. The Morgan fingerprint density at radius 1 is 1.02 bits per heavy atom. The van der Waals surface area contributed by atoms with Crippen LogP contribution in [-0.2, 0) is 6.54 Å². The number of benzene rings is 3. The summed E-state index contributed by atoms with van der Waals surface area (Å²) in [5, 5.41) is 15.0. The predicted molar refractivity (Wildman–Crippen MR) is 175 cm³/mol. The van der Waals surface area contributed by atoms with Crippen molar-refractivity contribution in [2.45, 2.75) is 48.1 Å². The molecular formula is C35H31ClN6O2S. The van der Waals surface area contributed by atoms with E-state index in [0.29, 0.717) is 46.6 Å². The Morgan fingerprint density at radius 3 is 2.49 bits per heavy atom. The summed E-state index contributed by atoms with van der Waals surface area (Å²) in [5.41, 5.74) is 2.85.